The molecule has 1 N–H and O–H groups in total. The van der Waals surface area contributed by atoms with E-state index in [4.69, 9.17) is 18.3 Å². The Morgan fingerprint density at radius 3 is 2.47 bits per heavy atom. The summed E-state index contributed by atoms with van der Waals surface area (Å²) in [5, 5.41) is 4.40. The Bertz CT molecular complexity index is 1470. The van der Waals surface area contributed by atoms with Gasteiger partial charge in [0.1, 0.15) is 11.0 Å². The van der Waals surface area contributed by atoms with Crippen LogP contribution in [0.4, 0.5) is 11.6 Å². The minimum Gasteiger partial charge on any atom is -0.493 e. The number of furan rings is 1. The molecule has 0 spiro atoms. The molecule has 0 atom stereocenters. The Kier molecular flexibility index (Phi) is 5.03. The fourth-order valence-electron chi connectivity index (χ4n) is 3.82. The van der Waals surface area contributed by atoms with E-state index in [1.807, 2.05) is 73.7 Å². The lowest BCUT2D eigenvalue weighted by atomic mass is 10.0. The van der Waals surface area contributed by atoms with E-state index in [9.17, 15) is 4.79 Å². The Balaban J connectivity index is 1.80. The van der Waals surface area contributed by atoms with Gasteiger partial charge < -0.3 is 23.6 Å². The van der Waals surface area contributed by atoms with Gasteiger partial charge in [0.2, 0.25) is 5.88 Å². The summed E-state index contributed by atoms with van der Waals surface area (Å²) >= 11 is 0. The van der Waals surface area contributed by atoms with Crippen molar-refractivity contribution in [2.24, 2.45) is 0 Å². The van der Waals surface area contributed by atoms with E-state index < -0.39 is 5.63 Å². The largest absolute Gasteiger partial charge is 0.493 e. The molecule has 0 amide bonds. The molecular weight excluding hydrogens is 406 g/mol. The number of para-hydroxylation sites is 2. The molecule has 160 valence electrons. The monoisotopic (exact) mass is 427 g/mol. The first-order valence-electron chi connectivity index (χ1n) is 10.3. The van der Waals surface area contributed by atoms with Crippen LogP contribution in [0.5, 0.6) is 11.5 Å². The first kappa shape index (κ1) is 19.8. The molecule has 2 heterocycles. The van der Waals surface area contributed by atoms with Crippen molar-refractivity contribution in [1.29, 1.82) is 0 Å². The predicted molar refractivity (Wildman–Crippen MR) is 125 cm³/mol. The number of benzene rings is 3. The maximum atomic E-state index is 13.1. The van der Waals surface area contributed by atoms with E-state index in [0.29, 0.717) is 46.1 Å². The summed E-state index contributed by atoms with van der Waals surface area (Å²) in [4.78, 5) is 13.1. The first-order valence-corrected chi connectivity index (χ1v) is 10.3. The third-order valence-electron chi connectivity index (χ3n) is 5.23. The third-order valence-corrected chi connectivity index (χ3v) is 5.23. The molecule has 0 aliphatic carbocycles. The first-order chi connectivity index (χ1) is 15.7. The number of rotatable bonds is 6. The molecule has 6 heteroatoms. The maximum Gasteiger partial charge on any atom is 0.348 e. The van der Waals surface area contributed by atoms with Gasteiger partial charge in [0.15, 0.2) is 17.1 Å². The van der Waals surface area contributed by atoms with Gasteiger partial charge in [0.25, 0.3) is 0 Å². The lowest BCUT2D eigenvalue weighted by Gasteiger charge is -2.12. The quantitative estimate of drug-likeness (QED) is 0.318. The van der Waals surface area contributed by atoms with Gasteiger partial charge in [-0.15, -0.1) is 0 Å². The molecule has 32 heavy (non-hydrogen) atoms. The van der Waals surface area contributed by atoms with Crippen molar-refractivity contribution >= 4 is 33.5 Å². The van der Waals surface area contributed by atoms with E-state index in [2.05, 4.69) is 5.32 Å². The van der Waals surface area contributed by atoms with Crippen molar-refractivity contribution in [2.75, 3.05) is 19.0 Å². The summed E-state index contributed by atoms with van der Waals surface area (Å²) in [6, 6.07) is 22.5. The van der Waals surface area contributed by atoms with Gasteiger partial charge >= 0.3 is 5.63 Å². The normalized spacial score (nSPS) is 11.1. The molecule has 0 aliphatic rings. The van der Waals surface area contributed by atoms with E-state index in [-0.39, 0.29) is 0 Å². The van der Waals surface area contributed by atoms with Crippen LogP contribution < -0.4 is 20.4 Å². The van der Waals surface area contributed by atoms with Crippen LogP contribution in [0.1, 0.15) is 6.92 Å². The van der Waals surface area contributed by atoms with Crippen LogP contribution >= 0.6 is 0 Å². The van der Waals surface area contributed by atoms with Crippen LogP contribution in [0.2, 0.25) is 0 Å². The highest BCUT2D eigenvalue weighted by molar-refractivity contribution is 6.10. The summed E-state index contributed by atoms with van der Waals surface area (Å²) < 4.78 is 23.1. The van der Waals surface area contributed by atoms with Crippen molar-refractivity contribution < 1.29 is 18.3 Å². The second-order valence-corrected chi connectivity index (χ2v) is 7.19. The number of hydrogen-bond donors (Lipinski definition) is 1. The molecular formula is C26H21NO5. The third kappa shape index (κ3) is 3.36. The Morgan fingerprint density at radius 2 is 1.69 bits per heavy atom. The van der Waals surface area contributed by atoms with E-state index in [0.717, 1.165) is 16.6 Å². The van der Waals surface area contributed by atoms with Gasteiger partial charge in [-0.05, 0) is 48.9 Å². The second kappa shape index (κ2) is 8.15. The zero-order valence-corrected chi connectivity index (χ0v) is 17.7. The molecule has 0 saturated heterocycles. The maximum absolute atomic E-state index is 13.1. The predicted octanol–water partition coefficient (Wildman–Crippen LogP) is 6.36. The summed E-state index contributed by atoms with van der Waals surface area (Å²) in [5.41, 5.74) is 2.65. The fraction of sp³-hybridized carbons (Fsp3) is 0.115. The zero-order chi connectivity index (χ0) is 22.1. The highest BCUT2D eigenvalue weighted by Gasteiger charge is 2.23. The number of hydrogen-bond acceptors (Lipinski definition) is 6. The lowest BCUT2D eigenvalue weighted by molar-refractivity contribution is 0.311. The summed E-state index contributed by atoms with van der Waals surface area (Å²) in [7, 11) is 1.58. The van der Waals surface area contributed by atoms with Gasteiger partial charge in [-0.25, -0.2) is 4.79 Å². The highest BCUT2D eigenvalue weighted by atomic mass is 16.5. The van der Waals surface area contributed by atoms with Gasteiger partial charge in [-0.2, -0.15) is 0 Å². The van der Waals surface area contributed by atoms with Gasteiger partial charge in [-0.1, -0.05) is 36.4 Å². The molecule has 0 aliphatic heterocycles. The molecule has 0 saturated carbocycles. The number of fused-ring (bicyclic) bond motifs is 3. The molecule has 3 aromatic carbocycles. The van der Waals surface area contributed by atoms with Crippen LogP contribution in [0.3, 0.4) is 0 Å². The Labute approximate surface area is 184 Å². The van der Waals surface area contributed by atoms with Crippen LogP contribution in [0.25, 0.3) is 33.1 Å². The standard InChI is InChI=1S/C26H21NO5/c1-3-30-20-14-13-16(15-21(20)29-2)22-23-24(18-11-7-8-12-19(18)31-26(23)28)32-25(22)27-17-9-5-4-6-10-17/h4-15,27H,3H2,1-2H3. The molecule has 0 fully saturated rings. The minimum atomic E-state index is -0.466. The number of ether oxygens (including phenoxy) is 2. The van der Waals surface area contributed by atoms with Gasteiger partial charge in [0, 0.05) is 5.69 Å². The molecule has 0 radical (unpaired) electrons. The van der Waals surface area contributed by atoms with E-state index >= 15 is 0 Å². The fourth-order valence-corrected chi connectivity index (χ4v) is 3.82. The number of nitrogens with one attached hydrogen (secondary N) is 1. The topological polar surface area (TPSA) is 73.8 Å². The second-order valence-electron chi connectivity index (χ2n) is 7.19. The molecule has 2 aromatic heterocycles. The SMILES string of the molecule is CCOc1ccc(-c2c(Nc3ccccc3)oc3c2c(=O)oc2ccccc23)cc1OC. The minimum absolute atomic E-state index is 0.369. The average molecular weight is 427 g/mol. The number of anilines is 2. The van der Waals surface area contributed by atoms with Crippen molar-refractivity contribution in [3.8, 4) is 22.6 Å². The van der Waals surface area contributed by atoms with Crippen molar-refractivity contribution in [3.63, 3.8) is 0 Å². The van der Waals surface area contributed by atoms with Crippen LogP contribution in [-0.2, 0) is 0 Å². The highest BCUT2D eigenvalue weighted by Crippen LogP contribution is 2.43. The molecule has 0 unspecified atom stereocenters. The smallest absolute Gasteiger partial charge is 0.348 e. The van der Waals surface area contributed by atoms with Crippen molar-refractivity contribution in [3.05, 3.63) is 83.2 Å². The van der Waals surface area contributed by atoms with Crippen molar-refractivity contribution in [2.45, 2.75) is 6.92 Å². The molecule has 5 aromatic rings. The van der Waals surface area contributed by atoms with Gasteiger partial charge in [-0.3, -0.25) is 0 Å². The number of methoxy groups -OCH3 is 1. The zero-order valence-electron chi connectivity index (χ0n) is 17.7. The molecule has 6 nitrogen and oxygen atoms in total. The Morgan fingerprint density at radius 1 is 0.906 bits per heavy atom. The van der Waals surface area contributed by atoms with Gasteiger partial charge in [0.05, 0.1) is 24.7 Å². The van der Waals surface area contributed by atoms with E-state index in [1.165, 1.54) is 0 Å². The summed E-state index contributed by atoms with van der Waals surface area (Å²) in [5.74, 6) is 1.64. The summed E-state index contributed by atoms with van der Waals surface area (Å²) in [6.45, 7) is 2.43. The molecule has 0 bridgehead atoms. The van der Waals surface area contributed by atoms with Crippen LogP contribution in [-0.4, -0.2) is 13.7 Å². The average Bonchev–Trinajstić information content (AvgIpc) is 3.20. The van der Waals surface area contributed by atoms with Crippen molar-refractivity contribution in [1.82, 2.24) is 0 Å². The van der Waals surface area contributed by atoms with E-state index in [1.54, 1.807) is 13.2 Å². The summed E-state index contributed by atoms with van der Waals surface area (Å²) in [6.07, 6.45) is 0. The lowest BCUT2D eigenvalue weighted by Crippen LogP contribution is -2.00. The van der Waals surface area contributed by atoms with Crippen LogP contribution in [0.15, 0.2) is 86.4 Å². The Hall–Kier alpha value is -4.19. The van der Waals surface area contributed by atoms with Crippen LogP contribution in [0, 0.1) is 0 Å². The molecule has 5 rings (SSSR count).